The lowest BCUT2D eigenvalue weighted by Gasteiger charge is -2.24. The third kappa shape index (κ3) is 3.10. The second-order valence-corrected chi connectivity index (χ2v) is 4.64. The summed E-state index contributed by atoms with van der Waals surface area (Å²) in [5.41, 5.74) is 2.52. The predicted molar refractivity (Wildman–Crippen MR) is 74.1 cm³/mol. The highest BCUT2D eigenvalue weighted by molar-refractivity contribution is 5.45. The number of hydrogen-bond acceptors (Lipinski definition) is 1. The average Bonchev–Trinajstić information content (AvgIpc) is 2.38. The van der Waals surface area contributed by atoms with Gasteiger partial charge in [0.15, 0.2) is 0 Å². The molecule has 0 fully saturated rings. The topological polar surface area (TPSA) is 12.0 Å². The maximum atomic E-state index is 3.59. The van der Waals surface area contributed by atoms with Crippen LogP contribution in [0, 0.1) is 5.92 Å². The van der Waals surface area contributed by atoms with Crippen LogP contribution in [0.3, 0.4) is 0 Å². The largest absolute Gasteiger partial charge is 0.378 e. The van der Waals surface area contributed by atoms with Gasteiger partial charge in [-0.3, -0.25) is 0 Å². The van der Waals surface area contributed by atoms with Crippen LogP contribution in [0.15, 0.2) is 60.7 Å². The molecule has 0 aromatic heterocycles. The summed E-state index contributed by atoms with van der Waals surface area (Å²) < 4.78 is 0. The summed E-state index contributed by atoms with van der Waals surface area (Å²) in [6, 6.07) is 21.3. The van der Waals surface area contributed by atoms with Gasteiger partial charge >= 0.3 is 0 Å². The second-order valence-electron chi connectivity index (χ2n) is 4.64. The molecule has 1 heteroatoms. The van der Waals surface area contributed by atoms with Crippen LogP contribution in [0.4, 0.5) is 5.69 Å². The van der Waals surface area contributed by atoms with E-state index in [2.05, 4.69) is 73.8 Å². The standard InChI is InChI=1S/C16H19N/c1-13(2)16(14-9-5-3-6-10-14)17-15-11-7-4-8-12-15/h3-13,16-17H,1-2H3/t16-/m1/s1. The van der Waals surface area contributed by atoms with E-state index in [1.807, 2.05) is 6.07 Å². The first-order chi connectivity index (χ1) is 8.27. The summed E-state index contributed by atoms with van der Waals surface area (Å²) in [5, 5.41) is 3.59. The summed E-state index contributed by atoms with van der Waals surface area (Å²) in [5.74, 6) is 0.553. The smallest absolute Gasteiger partial charge is 0.0536 e. The van der Waals surface area contributed by atoms with Gasteiger partial charge in [-0.2, -0.15) is 0 Å². The van der Waals surface area contributed by atoms with Gasteiger partial charge in [-0.1, -0.05) is 62.4 Å². The van der Waals surface area contributed by atoms with E-state index in [1.54, 1.807) is 0 Å². The quantitative estimate of drug-likeness (QED) is 0.808. The van der Waals surface area contributed by atoms with Crippen LogP contribution in [0.5, 0.6) is 0 Å². The van der Waals surface area contributed by atoms with Gasteiger partial charge in [0.2, 0.25) is 0 Å². The molecule has 88 valence electrons. The van der Waals surface area contributed by atoms with Crippen LogP contribution < -0.4 is 5.32 Å². The fraction of sp³-hybridized carbons (Fsp3) is 0.250. The van der Waals surface area contributed by atoms with Gasteiger partial charge < -0.3 is 5.32 Å². The van der Waals surface area contributed by atoms with E-state index in [0.29, 0.717) is 12.0 Å². The van der Waals surface area contributed by atoms with E-state index in [1.165, 1.54) is 11.3 Å². The predicted octanol–water partition coefficient (Wildman–Crippen LogP) is 4.50. The van der Waals surface area contributed by atoms with Crippen molar-refractivity contribution in [3.8, 4) is 0 Å². The van der Waals surface area contributed by atoms with Gasteiger partial charge in [0.1, 0.15) is 0 Å². The Labute approximate surface area is 103 Å². The molecule has 1 atom stereocenters. The van der Waals surface area contributed by atoms with Gasteiger partial charge in [-0.05, 0) is 23.6 Å². The molecule has 1 nitrogen and oxygen atoms in total. The third-order valence-corrected chi connectivity index (χ3v) is 2.92. The van der Waals surface area contributed by atoms with Crippen LogP contribution in [0.25, 0.3) is 0 Å². The van der Waals surface area contributed by atoms with E-state index < -0.39 is 0 Å². The Hall–Kier alpha value is -1.76. The molecule has 0 bridgehead atoms. The van der Waals surface area contributed by atoms with Crippen molar-refractivity contribution in [2.45, 2.75) is 19.9 Å². The van der Waals surface area contributed by atoms with Crippen LogP contribution >= 0.6 is 0 Å². The summed E-state index contributed by atoms with van der Waals surface area (Å²) >= 11 is 0. The summed E-state index contributed by atoms with van der Waals surface area (Å²) in [6.45, 7) is 4.49. The minimum absolute atomic E-state index is 0.360. The summed E-state index contributed by atoms with van der Waals surface area (Å²) in [7, 11) is 0. The number of anilines is 1. The molecule has 0 radical (unpaired) electrons. The van der Waals surface area contributed by atoms with Crippen molar-refractivity contribution in [1.82, 2.24) is 0 Å². The molecular formula is C16H19N. The SMILES string of the molecule is CC(C)[C@@H](Nc1ccccc1)c1ccccc1. The molecule has 0 amide bonds. The Morgan fingerprint density at radius 2 is 1.29 bits per heavy atom. The van der Waals surface area contributed by atoms with E-state index in [0.717, 1.165) is 0 Å². The lowest BCUT2D eigenvalue weighted by Crippen LogP contribution is -2.16. The van der Waals surface area contributed by atoms with E-state index in [4.69, 9.17) is 0 Å². The van der Waals surface area contributed by atoms with Gasteiger partial charge in [-0.25, -0.2) is 0 Å². The van der Waals surface area contributed by atoms with Gasteiger partial charge in [0.25, 0.3) is 0 Å². The molecule has 0 aliphatic heterocycles. The Kier molecular flexibility index (Phi) is 3.81. The molecule has 0 spiro atoms. The van der Waals surface area contributed by atoms with Gasteiger partial charge in [0, 0.05) is 5.69 Å². The Balaban J connectivity index is 2.20. The zero-order valence-electron chi connectivity index (χ0n) is 10.4. The third-order valence-electron chi connectivity index (χ3n) is 2.92. The summed E-state index contributed by atoms with van der Waals surface area (Å²) in [4.78, 5) is 0. The van der Waals surface area contributed by atoms with Crippen LogP contribution in [-0.2, 0) is 0 Å². The fourth-order valence-electron chi connectivity index (χ4n) is 2.01. The zero-order chi connectivity index (χ0) is 12.1. The molecule has 0 aliphatic carbocycles. The molecule has 0 aliphatic rings. The maximum Gasteiger partial charge on any atom is 0.0536 e. The zero-order valence-corrected chi connectivity index (χ0v) is 10.4. The van der Waals surface area contributed by atoms with E-state index >= 15 is 0 Å². The van der Waals surface area contributed by atoms with Gasteiger partial charge in [-0.15, -0.1) is 0 Å². The van der Waals surface area contributed by atoms with Crippen molar-refractivity contribution in [3.63, 3.8) is 0 Å². The molecule has 17 heavy (non-hydrogen) atoms. The first kappa shape index (κ1) is 11.7. The lowest BCUT2D eigenvalue weighted by atomic mass is 9.96. The molecular weight excluding hydrogens is 206 g/mol. The summed E-state index contributed by atoms with van der Waals surface area (Å²) in [6.07, 6.45) is 0. The van der Waals surface area contributed by atoms with Crippen molar-refractivity contribution in [3.05, 3.63) is 66.2 Å². The van der Waals surface area contributed by atoms with Crippen molar-refractivity contribution in [1.29, 1.82) is 0 Å². The molecule has 0 saturated heterocycles. The van der Waals surface area contributed by atoms with Crippen molar-refractivity contribution < 1.29 is 0 Å². The molecule has 2 rings (SSSR count). The fourth-order valence-corrected chi connectivity index (χ4v) is 2.01. The van der Waals surface area contributed by atoms with E-state index in [9.17, 15) is 0 Å². The van der Waals surface area contributed by atoms with Gasteiger partial charge in [0.05, 0.1) is 6.04 Å². The van der Waals surface area contributed by atoms with Crippen LogP contribution in [-0.4, -0.2) is 0 Å². The normalized spacial score (nSPS) is 12.4. The highest BCUT2D eigenvalue weighted by atomic mass is 14.9. The number of para-hydroxylation sites is 1. The first-order valence-corrected chi connectivity index (χ1v) is 6.14. The minimum atomic E-state index is 0.360. The number of rotatable bonds is 4. The van der Waals surface area contributed by atoms with Crippen LogP contribution in [0.1, 0.15) is 25.5 Å². The Bertz CT molecular complexity index is 434. The molecule has 0 unspecified atom stereocenters. The number of benzene rings is 2. The van der Waals surface area contributed by atoms with E-state index in [-0.39, 0.29) is 0 Å². The van der Waals surface area contributed by atoms with Crippen LogP contribution in [0.2, 0.25) is 0 Å². The lowest BCUT2D eigenvalue weighted by molar-refractivity contribution is 0.546. The minimum Gasteiger partial charge on any atom is -0.378 e. The molecule has 2 aromatic carbocycles. The van der Waals surface area contributed by atoms with Crippen molar-refractivity contribution >= 4 is 5.69 Å². The van der Waals surface area contributed by atoms with Crippen molar-refractivity contribution in [2.75, 3.05) is 5.32 Å². The highest BCUT2D eigenvalue weighted by Crippen LogP contribution is 2.25. The Morgan fingerprint density at radius 3 is 1.82 bits per heavy atom. The average molecular weight is 225 g/mol. The molecule has 0 saturated carbocycles. The van der Waals surface area contributed by atoms with Crippen molar-refractivity contribution in [2.24, 2.45) is 5.92 Å². The number of hydrogen-bond donors (Lipinski definition) is 1. The second kappa shape index (κ2) is 5.53. The molecule has 2 aromatic rings. The highest BCUT2D eigenvalue weighted by Gasteiger charge is 2.14. The number of nitrogens with one attached hydrogen (secondary N) is 1. The Morgan fingerprint density at radius 1 is 0.765 bits per heavy atom. The monoisotopic (exact) mass is 225 g/mol. The maximum absolute atomic E-state index is 3.59. The molecule has 0 heterocycles. The molecule has 1 N–H and O–H groups in total. The first-order valence-electron chi connectivity index (χ1n) is 6.14.